The number of benzene rings is 1. The van der Waals surface area contributed by atoms with Crippen LogP contribution in [0.3, 0.4) is 0 Å². The van der Waals surface area contributed by atoms with E-state index in [0.717, 1.165) is 34.3 Å². The molecule has 3 aromatic rings. The lowest BCUT2D eigenvalue weighted by Crippen LogP contribution is -2.42. The molecule has 29 heavy (non-hydrogen) atoms. The summed E-state index contributed by atoms with van der Waals surface area (Å²) >= 11 is 0. The third kappa shape index (κ3) is 3.90. The van der Waals surface area contributed by atoms with Crippen molar-refractivity contribution in [2.24, 2.45) is 0 Å². The molecule has 1 N–H and O–H groups in total. The number of nitrogens with one attached hydrogen (secondary N) is 1. The predicted molar refractivity (Wildman–Crippen MR) is 116 cm³/mol. The maximum Gasteiger partial charge on any atom is 0.263 e. The number of H-pyrrole nitrogens is 1. The lowest BCUT2D eigenvalue weighted by Gasteiger charge is -2.29. The quantitative estimate of drug-likeness (QED) is 0.684. The van der Waals surface area contributed by atoms with Crippen LogP contribution in [0.15, 0.2) is 54.9 Å². The fourth-order valence-electron chi connectivity index (χ4n) is 3.88. The van der Waals surface area contributed by atoms with Gasteiger partial charge in [0.05, 0.1) is 11.0 Å². The molecular formula is C24H27N3O2. The minimum atomic E-state index is -0.514. The van der Waals surface area contributed by atoms with Crippen LogP contribution >= 0.6 is 0 Å². The van der Waals surface area contributed by atoms with E-state index in [4.69, 9.17) is 4.74 Å². The Kier molecular flexibility index (Phi) is 5.38. The van der Waals surface area contributed by atoms with E-state index in [1.54, 1.807) is 0 Å². The van der Waals surface area contributed by atoms with Gasteiger partial charge in [0.1, 0.15) is 5.75 Å². The number of aromatic nitrogens is 2. The molecule has 5 nitrogen and oxygen atoms in total. The molecule has 0 spiro atoms. The summed E-state index contributed by atoms with van der Waals surface area (Å²) in [6.07, 6.45) is 6.25. The number of hydrogen-bond acceptors (Lipinski definition) is 3. The van der Waals surface area contributed by atoms with Gasteiger partial charge in [0.2, 0.25) is 0 Å². The number of amides is 1. The van der Waals surface area contributed by atoms with E-state index in [9.17, 15) is 4.79 Å². The van der Waals surface area contributed by atoms with Gasteiger partial charge in [-0.2, -0.15) is 0 Å². The highest BCUT2D eigenvalue weighted by Gasteiger charge is 2.25. The first-order chi connectivity index (χ1) is 14.0. The van der Waals surface area contributed by atoms with Crippen LogP contribution < -0.4 is 4.74 Å². The number of carbonyl (C=O) groups excluding carboxylic acids is 1. The first kappa shape index (κ1) is 19.2. The first-order valence-electron chi connectivity index (χ1n) is 10.2. The fraction of sp³-hybridized carbons (Fsp3) is 0.333. The van der Waals surface area contributed by atoms with E-state index >= 15 is 0 Å². The van der Waals surface area contributed by atoms with E-state index < -0.39 is 6.10 Å². The van der Waals surface area contributed by atoms with Crippen molar-refractivity contribution < 1.29 is 9.53 Å². The molecule has 0 radical (unpaired) electrons. The largest absolute Gasteiger partial charge is 0.481 e. The van der Waals surface area contributed by atoms with Crippen LogP contribution in [0.25, 0.3) is 16.6 Å². The Labute approximate surface area is 171 Å². The number of fused-ring (bicyclic) bond motifs is 1. The Morgan fingerprint density at radius 2 is 2.00 bits per heavy atom. The summed E-state index contributed by atoms with van der Waals surface area (Å²) in [7, 11) is 0. The summed E-state index contributed by atoms with van der Waals surface area (Å²) in [5.41, 5.74) is 5.51. The average molecular weight is 389 g/mol. The van der Waals surface area contributed by atoms with Gasteiger partial charge < -0.3 is 14.6 Å². The van der Waals surface area contributed by atoms with Gasteiger partial charge in [0, 0.05) is 31.0 Å². The SMILES string of the molecule is CC(Oc1ccccc1C(C)C)C(=O)N1CC=C(c2c[nH]c3cccnc23)CC1. The van der Waals surface area contributed by atoms with E-state index in [1.807, 2.05) is 54.5 Å². The van der Waals surface area contributed by atoms with E-state index in [2.05, 4.69) is 36.0 Å². The van der Waals surface area contributed by atoms with Crippen molar-refractivity contribution in [1.82, 2.24) is 14.9 Å². The van der Waals surface area contributed by atoms with Gasteiger partial charge in [-0.3, -0.25) is 9.78 Å². The normalized spacial score (nSPS) is 15.4. The molecule has 1 aromatic carbocycles. The van der Waals surface area contributed by atoms with Crippen molar-refractivity contribution in [2.75, 3.05) is 13.1 Å². The van der Waals surface area contributed by atoms with E-state index in [0.29, 0.717) is 19.0 Å². The molecule has 0 aliphatic carbocycles. The topological polar surface area (TPSA) is 58.2 Å². The second-order valence-electron chi connectivity index (χ2n) is 7.82. The Morgan fingerprint density at radius 1 is 1.17 bits per heavy atom. The highest BCUT2D eigenvalue weighted by molar-refractivity contribution is 5.90. The molecule has 1 atom stereocenters. The molecular weight excluding hydrogens is 362 g/mol. The third-order valence-corrected chi connectivity index (χ3v) is 5.49. The van der Waals surface area contributed by atoms with Crippen LogP contribution in [0, 0.1) is 0 Å². The lowest BCUT2D eigenvalue weighted by atomic mass is 10.0. The van der Waals surface area contributed by atoms with E-state index in [1.165, 1.54) is 5.57 Å². The van der Waals surface area contributed by atoms with Gasteiger partial charge in [-0.05, 0) is 48.6 Å². The fourth-order valence-corrected chi connectivity index (χ4v) is 3.88. The molecule has 2 aromatic heterocycles. The predicted octanol–water partition coefficient (Wildman–Crippen LogP) is 4.77. The van der Waals surface area contributed by atoms with Crippen LogP contribution in [-0.4, -0.2) is 40.0 Å². The zero-order chi connectivity index (χ0) is 20.4. The highest BCUT2D eigenvalue weighted by atomic mass is 16.5. The Morgan fingerprint density at radius 3 is 2.76 bits per heavy atom. The minimum absolute atomic E-state index is 0.0240. The Balaban J connectivity index is 1.45. The van der Waals surface area contributed by atoms with Gasteiger partial charge in [0.25, 0.3) is 5.91 Å². The molecule has 1 aliphatic rings. The molecule has 1 amide bonds. The van der Waals surface area contributed by atoms with Gasteiger partial charge in [-0.1, -0.05) is 38.1 Å². The van der Waals surface area contributed by atoms with Crippen LogP contribution in [-0.2, 0) is 4.79 Å². The molecule has 0 fully saturated rings. The van der Waals surface area contributed by atoms with Gasteiger partial charge >= 0.3 is 0 Å². The average Bonchev–Trinajstić information content (AvgIpc) is 3.17. The number of pyridine rings is 1. The standard InChI is InChI=1S/C24H27N3O2/c1-16(2)19-7-4-5-9-22(19)29-17(3)24(28)27-13-10-18(11-14-27)20-15-26-21-8-6-12-25-23(20)21/h4-10,12,15-17,26H,11,13-14H2,1-3H3. The van der Waals surface area contributed by atoms with Crippen molar-refractivity contribution in [3.05, 3.63) is 66.0 Å². The molecule has 0 saturated carbocycles. The second kappa shape index (κ2) is 8.11. The second-order valence-corrected chi connectivity index (χ2v) is 7.82. The van der Waals surface area contributed by atoms with Crippen LogP contribution in [0.2, 0.25) is 0 Å². The summed E-state index contributed by atoms with van der Waals surface area (Å²) in [5.74, 6) is 1.16. The smallest absolute Gasteiger partial charge is 0.263 e. The van der Waals surface area contributed by atoms with Crippen LogP contribution in [0.4, 0.5) is 0 Å². The number of hydrogen-bond donors (Lipinski definition) is 1. The number of para-hydroxylation sites is 1. The van der Waals surface area contributed by atoms with Crippen molar-refractivity contribution in [2.45, 2.75) is 39.2 Å². The summed E-state index contributed by atoms with van der Waals surface area (Å²) in [6.45, 7) is 7.37. The van der Waals surface area contributed by atoms with Crippen molar-refractivity contribution in [3.8, 4) is 5.75 Å². The first-order valence-corrected chi connectivity index (χ1v) is 10.2. The molecule has 4 rings (SSSR count). The number of ether oxygens (including phenoxy) is 1. The summed E-state index contributed by atoms with van der Waals surface area (Å²) in [5, 5.41) is 0. The molecule has 1 unspecified atom stereocenters. The number of carbonyl (C=O) groups is 1. The van der Waals surface area contributed by atoms with Gasteiger partial charge in [0.15, 0.2) is 6.10 Å². The van der Waals surface area contributed by atoms with Crippen molar-refractivity contribution in [3.63, 3.8) is 0 Å². The monoisotopic (exact) mass is 389 g/mol. The van der Waals surface area contributed by atoms with Crippen molar-refractivity contribution in [1.29, 1.82) is 0 Å². The number of nitrogens with zero attached hydrogens (tertiary/aromatic N) is 2. The molecule has 0 saturated heterocycles. The molecule has 0 bridgehead atoms. The zero-order valence-corrected chi connectivity index (χ0v) is 17.2. The molecule has 5 heteroatoms. The molecule has 3 heterocycles. The van der Waals surface area contributed by atoms with Gasteiger partial charge in [-0.15, -0.1) is 0 Å². The maximum absolute atomic E-state index is 12.9. The van der Waals surface area contributed by atoms with Crippen molar-refractivity contribution >= 4 is 22.5 Å². The third-order valence-electron chi connectivity index (χ3n) is 5.49. The highest BCUT2D eigenvalue weighted by Crippen LogP contribution is 2.29. The Bertz CT molecular complexity index is 1050. The number of rotatable bonds is 5. The summed E-state index contributed by atoms with van der Waals surface area (Å²) < 4.78 is 6.05. The van der Waals surface area contributed by atoms with Crippen LogP contribution in [0.1, 0.15) is 44.2 Å². The Hall–Kier alpha value is -3.08. The van der Waals surface area contributed by atoms with Crippen LogP contribution in [0.5, 0.6) is 5.75 Å². The number of aromatic amines is 1. The molecule has 150 valence electrons. The van der Waals surface area contributed by atoms with Gasteiger partial charge in [-0.25, -0.2) is 0 Å². The summed E-state index contributed by atoms with van der Waals surface area (Å²) in [6, 6.07) is 11.9. The minimum Gasteiger partial charge on any atom is -0.481 e. The maximum atomic E-state index is 12.9. The zero-order valence-electron chi connectivity index (χ0n) is 17.2. The summed E-state index contributed by atoms with van der Waals surface area (Å²) in [4.78, 5) is 22.6. The van der Waals surface area contributed by atoms with E-state index in [-0.39, 0.29) is 5.91 Å². The molecule has 1 aliphatic heterocycles. The lowest BCUT2D eigenvalue weighted by molar-refractivity contribution is -0.137.